The molecule has 7 heteroatoms. The van der Waals surface area contributed by atoms with E-state index < -0.39 is 0 Å². The van der Waals surface area contributed by atoms with E-state index in [4.69, 9.17) is 9.47 Å². The molecule has 0 aliphatic carbocycles. The van der Waals surface area contributed by atoms with Crippen molar-refractivity contribution in [3.63, 3.8) is 0 Å². The van der Waals surface area contributed by atoms with Gasteiger partial charge in [-0.05, 0) is 24.1 Å². The van der Waals surface area contributed by atoms with Crippen molar-refractivity contribution in [2.75, 3.05) is 32.7 Å². The van der Waals surface area contributed by atoms with Crippen molar-refractivity contribution >= 4 is 11.6 Å². The van der Waals surface area contributed by atoms with E-state index in [1.165, 1.54) is 5.56 Å². The monoisotopic (exact) mass is 421 g/mol. The number of aliphatic imine (C=N–C) groups is 1. The van der Waals surface area contributed by atoms with Gasteiger partial charge in [-0.1, -0.05) is 36.4 Å². The predicted octanol–water partition coefficient (Wildman–Crippen LogP) is 3.73. The molecular weight excluding hydrogens is 390 g/mol. The Morgan fingerprint density at radius 1 is 1.10 bits per heavy atom. The minimum atomic E-state index is 0.578. The molecule has 0 saturated heterocycles. The van der Waals surface area contributed by atoms with E-state index in [-0.39, 0.29) is 0 Å². The lowest BCUT2D eigenvalue weighted by molar-refractivity contribution is 0.172. The number of guanidine groups is 1. The molecule has 0 bridgehead atoms. The quantitative estimate of drug-likeness (QED) is 0.280. The molecule has 1 heterocycles. The van der Waals surface area contributed by atoms with Gasteiger partial charge in [0.2, 0.25) is 0 Å². The van der Waals surface area contributed by atoms with Crippen molar-refractivity contribution in [2.45, 2.75) is 25.9 Å². The molecule has 31 heavy (non-hydrogen) atoms. The molecule has 3 rings (SSSR count). The third kappa shape index (κ3) is 7.46. The van der Waals surface area contributed by atoms with Gasteiger partial charge in [0.25, 0.3) is 0 Å². The Labute approximate surface area is 184 Å². The minimum absolute atomic E-state index is 0.578. The van der Waals surface area contributed by atoms with Gasteiger partial charge in [0.1, 0.15) is 11.6 Å². The number of nitrogens with zero attached hydrogens (tertiary/aromatic N) is 3. The van der Waals surface area contributed by atoms with Crippen LogP contribution in [-0.4, -0.2) is 42.9 Å². The molecule has 0 aliphatic rings. The van der Waals surface area contributed by atoms with Crippen molar-refractivity contribution in [3.05, 3.63) is 78.4 Å². The van der Waals surface area contributed by atoms with Crippen LogP contribution in [0.15, 0.2) is 72.0 Å². The molecule has 0 aliphatic heterocycles. The van der Waals surface area contributed by atoms with Gasteiger partial charge >= 0.3 is 0 Å². The summed E-state index contributed by atoms with van der Waals surface area (Å²) in [5, 5.41) is 6.64. The molecular formula is C24H31N5O2. The SMILES string of the molecule is CN=C(NCc1nccn1CCc1ccccc1)Nc1cccc(OCCCOC)c1. The maximum atomic E-state index is 5.77. The van der Waals surface area contributed by atoms with Crippen LogP contribution in [0.3, 0.4) is 0 Å². The van der Waals surface area contributed by atoms with E-state index in [2.05, 4.69) is 49.4 Å². The first-order valence-electron chi connectivity index (χ1n) is 10.5. The van der Waals surface area contributed by atoms with Gasteiger partial charge < -0.3 is 24.7 Å². The number of aromatic nitrogens is 2. The van der Waals surface area contributed by atoms with Crippen molar-refractivity contribution in [1.82, 2.24) is 14.9 Å². The summed E-state index contributed by atoms with van der Waals surface area (Å²) in [5.74, 6) is 2.45. The van der Waals surface area contributed by atoms with Crippen molar-refractivity contribution < 1.29 is 9.47 Å². The minimum Gasteiger partial charge on any atom is -0.493 e. The molecule has 0 atom stereocenters. The van der Waals surface area contributed by atoms with Gasteiger partial charge in [0, 0.05) is 57.9 Å². The number of hydrogen-bond donors (Lipinski definition) is 2. The van der Waals surface area contributed by atoms with Gasteiger partial charge in [-0.15, -0.1) is 0 Å². The zero-order valence-corrected chi connectivity index (χ0v) is 18.3. The van der Waals surface area contributed by atoms with Gasteiger partial charge in [-0.2, -0.15) is 0 Å². The second kappa shape index (κ2) is 12.4. The van der Waals surface area contributed by atoms with E-state index in [1.807, 2.05) is 42.7 Å². The van der Waals surface area contributed by atoms with Gasteiger partial charge in [0.15, 0.2) is 5.96 Å². The van der Waals surface area contributed by atoms with E-state index in [0.717, 1.165) is 36.6 Å². The lowest BCUT2D eigenvalue weighted by Gasteiger charge is -2.14. The Morgan fingerprint density at radius 2 is 1.97 bits per heavy atom. The second-order valence-corrected chi connectivity index (χ2v) is 7.05. The summed E-state index contributed by atoms with van der Waals surface area (Å²) in [6.45, 7) is 2.77. The van der Waals surface area contributed by atoms with Crippen LogP contribution >= 0.6 is 0 Å². The first kappa shape index (κ1) is 22.4. The largest absolute Gasteiger partial charge is 0.493 e. The molecule has 0 amide bonds. The number of hydrogen-bond acceptors (Lipinski definition) is 4. The molecule has 2 aromatic carbocycles. The predicted molar refractivity (Wildman–Crippen MR) is 125 cm³/mol. The molecule has 164 valence electrons. The van der Waals surface area contributed by atoms with Crippen LogP contribution in [0.25, 0.3) is 0 Å². The molecule has 0 unspecified atom stereocenters. The van der Waals surface area contributed by atoms with Gasteiger partial charge in [0.05, 0.1) is 13.2 Å². The Kier molecular flexibility index (Phi) is 8.94. The van der Waals surface area contributed by atoms with E-state index >= 15 is 0 Å². The topological polar surface area (TPSA) is 72.7 Å². The zero-order valence-electron chi connectivity index (χ0n) is 18.3. The summed E-state index contributed by atoms with van der Waals surface area (Å²) >= 11 is 0. The highest BCUT2D eigenvalue weighted by Crippen LogP contribution is 2.17. The molecule has 2 N–H and O–H groups in total. The summed E-state index contributed by atoms with van der Waals surface area (Å²) in [6.07, 6.45) is 5.67. The number of methoxy groups -OCH3 is 1. The standard InChI is InChI=1S/C24H31N5O2/c1-25-24(28-21-10-6-11-22(18-21)31-17-7-16-30-2)27-19-23-26-13-15-29(23)14-12-20-8-4-3-5-9-20/h3-6,8-11,13,15,18H,7,12,14,16-17,19H2,1-2H3,(H2,25,27,28). The van der Waals surface area contributed by atoms with Crippen LogP contribution in [0.4, 0.5) is 5.69 Å². The number of nitrogens with one attached hydrogen (secondary N) is 2. The lowest BCUT2D eigenvalue weighted by Crippen LogP contribution is -2.31. The molecule has 0 radical (unpaired) electrons. The summed E-state index contributed by atoms with van der Waals surface area (Å²) in [6, 6.07) is 18.3. The lowest BCUT2D eigenvalue weighted by atomic mass is 10.1. The maximum Gasteiger partial charge on any atom is 0.195 e. The Bertz CT molecular complexity index is 940. The van der Waals surface area contributed by atoms with Gasteiger partial charge in [-0.25, -0.2) is 4.98 Å². The van der Waals surface area contributed by atoms with Crippen LogP contribution in [0.1, 0.15) is 17.8 Å². The summed E-state index contributed by atoms with van der Waals surface area (Å²) < 4.78 is 13.0. The van der Waals surface area contributed by atoms with Crippen LogP contribution in [0.2, 0.25) is 0 Å². The molecule has 1 aromatic heterocycles. The Morgan fingerprint density at radius 3 is 2.77 bits per heavy atom. The van der Waals surface area contributed by atoms with E-state index in [9.17, 15) is 0 Å². The normalized spacial score (nSPS) is 11.4. The molecule has 0 spiro atoms. The van der Waals surface area contributed by atoms with E-state index in [1.54, 1.807) is 14.2 Å². The number of rotatable bonds is 11. The fourth-order valence-corrected chi connectivity index (χ4v) is 3.14. The molecule has 0 saturated carbocycles. The third-order valence-electron chi connectivity index (χ3n) is 4.78. The number of anilines is 1. The van der Waals surface area contributed by atoms with Crippen LogP contribution in [0.5, 0.6) is 5.75 Å². The molecule has 0 fully saturated rings. The smallest absolute Gasteiger partial charge is 0.195 e. The average molecular weight is 422 g/mol. The third-order valence-corrected chi connectivity index (χ3v) is 4.78. The Hall–Kier alpha value is -3.32. The molecule has 7 nitrogen and oxygen atoms in total. The van der Waals surface area contributed by atoms with Crippen LogP contribution in [-0.2, 0) is 24.2 Å². The number of imidazole rings is 1. The summed E-state index contributed by atoms with van der Waals surface area (Å²) in [5.41, 5.74) is 2.22. The highest BCUT2D eigenvalue weighted by Gasteiger charge is 2.06. The van der Waals surface area contributed by atoms with Crippen molar-refractivity contribution in [1.29, 1.82) is 0 Å². The summed E-state index contributed by atoms with van der Waals surface area (Å²) in [7, 11) is 3.45. The van der Waals surface area contributed by atoms with Crippen LogP contribution in [0, 0.1) is 0 Å². The fourth-order valence-electron chi connectivity index (χ4n) is 3.14. The Balaban J connectivity index is 1.50. The van der Waals surface area contributed by atoms with E-state index in [0.29, 0.717) is 25.7 Å². The first-order chi connectivity index (χ1) is 15.3. The molecule has 3 aromatic rings. The first-order valence-corrected chi connectivity index (χ1v) is 10.5. The maximum absolute atomic E-state index is 5.77. The van der Waals surface area contributed by atoms with Crippen molar-refractivity contribution in [2.24, 2.45) is 4.99 Å². The number of aryl methyl sites for hydroxylation is 2. The highest BCUT2D eigenvalue weighted by atomic mass is 16.5. The van der Waals surface area contributed by atoms with Gasteiger partial charge in [-0.3, -0.25) is 4.99 Å². The fraction of sp³-hybridized carbons (Fsp3) is 0.333. The average Bonchev–Trinajstić information content (AvgIpc) is 3.26. The van der Waals surface area contributed by atoms with Crippen LogP contribution < -0.4 is 15.4 Å². The summed E-state index contributed by atoms with van der Waals surface area (Å²) in [4.78, 5) is 8.81. The van der Waals surface area contributed by atoms with Crippen molar-refractivity contribution in [3.8, 4) is 5.75 Å². The number of ether oxygens (including phenoxy) is 2. The zero-order chi connectivity index (χ0) is 21.7. The highest BCUT2D eigenvalue weighted by molar-refractivity contribution is 5.93. The number of benzene rings is 2. The second-order valence-electron chi connectivity index (χ2n) is 7.05.